The minimum atomic E-state index is -0.695. The summed E-state index contributed by atoms with van der Waals surface area (Å²) in [5.41, 5.74) is 5.61. The zero-order valence-corrected chi connectivity index (χ0v) is 11.3. The number of nitrogens with two attached hydrogens (primary N) is 1. The van der Waals surface area contributed by atoms with Crippen molar-refractivity contribution in [2.45, 2.75) is 10.1 Å². The maximum Gasteiger partial charge on any atom is 0.256 e. The molecular weight excluding hydrogens is 298 g/mol. The fourth-order valence-corrected chi connectivity index (χ4v) is 2.31. The van der Waals surface area contributed by atoms with Crippen molar-refractivity contribution >= 4 is 17.7 Å². The van der Waals surface area contributed by atoms with Gasteiger partial charge in [-0.2, -0.15) is 20.1 Å². The topological polar surface area (TPSA) is 82.5 Å². The highest BCUT2D eigenvalue weighted by Gasteiger charge is 2.11. The van der Waals surface area contributed by atoms with E-state index in [1.54, 1.807) is 18.5 Å². The van der Waals surface area contributed by atoms with Crippen LogP contribution in [-0.2, 0) is 0 Å². The van der Waals surface area contributed by atoms with E-state index in [-0.39, 0.29) is 21.9 Å². The van der Waals surface area contributed by atoms with Crippen LogP contribution in [-0.4, -0.2) is 24.7 Å². The minimum absolute atomic E-state index is 0.0134. The predicted octanol–water partition coefficient (Wildman–Crippen LogP) is 2.07. The highest BCUT2D eigenvalue weighted by Crippen LogP contribution is 2.28. The third kappa shape index (κ3) is 2.97. The molecule has 6 nitrogen and oxygen atoms in total. The van der Waals surface area contributed by atoms with E-state index in [1.165, 1.54) is 10.7 Å². The molecule has 106 valence electrons. The van der Waals surface area contributed by atoms with E-state index in [0.717, 1.165) is 23.9 Å². The Morgan fingerprint density at radius 1 is 1.14 bits per heavy atom. The molecule has 0 saturated heterocycles. The van der Waals surface area contributed by atoms with Gasteiger partial charge in [0.2, 0.25) is 5.95 Å². The van der Waals surface area contributed by atoms with Gasteiger partial charge in [0.1, 0.15) is 11.6 Å². The maximum atomic E-state index is 13.6. The summed E-state index contributed by atoms with van der Waals surface area (Å²) in [7, 11) is 0. The summed E-state index contributed by atoms with van der Waals surface area (Å²) >= 11 is 0.924. The smallest absolute Gasteiger partial charge is 0.256 e. The Bertz CT molecular complexity index is 777. The van der Waals surface area contributed by atoms with Crippen LogP contribution in [0.2, 0.25) is 0 Å². The lowest BCUT2D eigenvalue weighted by atomic mass is 10.3. The summed E-state index contributed by atoms with van der Waals surface area (Å²) in [4.78, 5) is 12.2. The zero-order chi connectivity index (χ0) is 14.8. The van der Waals surface area contributed by atoms with Gasteiger partial charge in [-0.3, -0.25) is 0 Å². The Kier molecular flexibility index (Phi) is 3.48. The van der Waals surface area contributed by atoms with Gasteiger partial charge in [0.15, 0.2) is 5.16 Å². The maximum absolute atomic E-state index is 13.6. The van der Waals surface area contributed by atoms with Crippen molar-refractivity contribution in [3.63, 3.8) is 0 Å². The van der Waals surface area contributed by atoms with Crippen LogP contribution in [0.25, 0.3) is 5.95 Å². The number of hydrogen-bond donors (Lipinski definition) is 1. The van der Waals surface area contributed by atoms with E-state index >= 15 is 0 Å². The highest BCUT2D eigenvalue weighted by atomic mass is 32.2. The molecule has 2 heterocycles. The molecule has 0 radical (unpaired) electrons. The summed E-state index contributed by atoms with van der Waals surface area (Å²) in [5, 5.41) is 4.17. The Morgan fingerprint density at radius 2 is 2.00 bits per heavy atom. The Morgan fingerprint density at radius 3 is 2.71 bits per heavy atom. The molecule has 0 saturated carbocycles. The summed E-state index contributed by atoms with van der Waals surface area (Å²) in [6.45, 7) is 0. The minimum Gasteiger partial charge on any atom is -0.368 e. The first-order valence-electron chi connectivity index (χ1n) is 5.76. The Labute approximate surface area is 122 Å². The van der Waals surface area contributed by atoms with Crippen LogP contribution in [0.15, 0.2) is 46.7 Å². The van der Waals surface area contributed by atoms with E-state index in [2.05, 4.69) is 20.1 Å². The van der Waals surface area contributed by atoms with Gasteiger partial charge in [0, 0.05) is 18.5 Å². The van der Waals surface area contributed by atoms with E-state index in [9.17, 15) is 8.78 Å². The number of benzene rings is 1. The number of nitrogens with zero attached hydrogens (tertiary/aromatic N) is 5. The molecule has 1 aromatic carbocycles. The number of rotatable bonds is 3. The van der Waals surface area contributed by atoms with Crippen molar-refractivity contribution in [3.8, 4) is 5.95 Å². The van der Waals surface area contributed by atoms with Crippen molar-refractivity contribution in [2.75, 3.05) is 5.73 Å². The van der Waals surface area contributed by atoms with Gasteiger partial charge in [-0.25, -0.2) is 13.5 Å². The van der Waals surface area contributed by atoms with E-state index in [0.29, 0.717) is 0 Å². The van der Waals surface area contributed by atoms with E-state index in [1.807, 2.05) is 0 Å². The molecule has 0 atom stereocenters. The molecule has 0 spiro atoms. The van der Waals surface area contributed by atoms with Crippen LogP contribution in [0.4, 0.5) is 14.7 Å². The van der Waals surface area contributed by atoms with Crippen molar-refractivity contribution in [3.05, 3.63) is 48.3 Å². The van der Waals surface area contributed by atoms with E-state index < -0.39 is 11.6 Å². The van der Waals surface area contributed by atoms with Gasteiger partial charge in [-0.15, -0.1) is 0 Å². The predicted molar refractivity (Wildman–Crippen MR) is 71.8 cm³/mol. The summed E-state index contributed by atoms with van der Waals surface area (Å²) in [5.74, 6) is -1.14. The molecule has 2 aromatic heterocycles. The molecule has 9 heteroatoms. The lowest BCUT2D eigenvalue weighted by molar-refractivity contribution is 0.565. The third-order valence-electron chi connectivity index (χ3n) is 2.42. The van der Waals surface area contributed by atoms with Crippen molar-refractivity contribution in [1.82, 2.24) is 24.7 Å². The first-order valence-corrected chi connectivity index (χ1v) is 6.58. The second kappa shape index (κ2) is 5.44. The normalized spacial score (nSPS) is 10.8. The number of nitrogen functional groups attached to an aromatic ring is 1. The lowest BCUT2D eigenvalue weighted by Crippen LogP contribution is -2.07. The second-order valence-electron chi connectivity index (χ2n) is 3.90. The SMILES string of the molecule is Nc1nc(Sc2ccc(F)cc2F)nc(-n2cccn2)n1. The van der Waals surface area contributed by atoms with Crippen LogP contribution in [0.5, 0.6) is 0 Å². The van der Waals surface area contributed by atoms with Gasteiger partial charge in [0.25, 0.3) is 5.95 Å². The average molecular weight is 306 g/mol. The van der Waals surface area contributed by atoms with E-state index in [4.69, 9.17) is 5.73 Å². The summed E-state index contributed by atoms with van der Waals surface area (Å²) < 4.78 is 27.9. The number of aromatic nitrogens is 5. The lowest BCUT2D eigenvalue weighted by Gasteiger charge is -2.05. The molecule has 0 amide bonds. The molecule has 0 aliphatic heterocycles. The summed E-state index contributed by atoms with van der Waals surface area (Å²) in [6, 6.07) is 4.96. The molecule has 0 bridgehead atoms. The molecule has 0 aliphatic carbocycles. The fraction of sp³-hybridized carbons (Fsp3) is 0. The molecule has 0 unspecified atom stereocenters. The third-order valence-corrected chi connectivity index (χ3v) is 3.34. The van der Waals surface area contributed by atoms with Gasteiger partial charge >= 0.3 is 0 Å². The molecule has 21 heavy (non-hydrogen) atoms. The first-order chi connectivity index (χ1) is 10.1. The van der Waals surface area contributed by atoms with Crippen LogP contribution < -0.4 is 5.73 Å². The molecular formula is C12H8F2N6S. The quantitative estimate of drug-likeness (QED) is 0.797. The van der Waals surface area contributed by atoms with Crippen LogP contribution in [0, 0.1) is 11.6 Å². The molecule has 0 aliphatic rings. The Hall–Kier alpha value is -2.55. The first kappa shape index (κ1) is 13.4. The molecule has 3 aromatic rings. The monoisotopic (exact) mass is 306 g/mol. The number of hydrogen-bond acceptors (Lipinski definition) is 6. The largest absolute Gasteiger partial charge is 0.368 e. The summed E-state index contributed by atoms with van der Waals surface area (Å²) in [6.07, 6.45) is 3.20. The molecule has 2 N–H and O–H groups in total. The van der Waals surface area contributed by atoms with Crippen LogP contribution in [0.1, 0.15) is 0 Å². The Balaban J connectivity index is 1.95. The standard InChI is InChI=1S/C12H8F2N6S/c13-7-2-3-9(8(14)6-7)21-12-18-10(15)17-11(19-12)20-5-1-4-16-20/h1-6H,(H2,15,17,18,19). The van der Waals surface area contributed by atoms with Gasteiger partial charge in [-0.05, 0) is 30.0 Å². The van der Waals surface area contributed by atoms with Crippen LogP contribution in [0.3, 0.4) is 0 Å². The highest BCUT2D eigenvalue weighted by molar-refractivity contribution is 7.99. The molecule has 3 rings (SSSR count). The zero-order valence-electron chi connectivity index (χ0n) is 10.4. The van der Waals surface area contributed by atoms with Crippen molar-refractivity contribution < 1.29 is 8.78 Å². The van der Waals surface area contributed by atoms with Gasteiger partial charge in [-0.1, -0.05) is 0 Å². The van der Waals surface area contributed by atoms with Crippen molar-refractivity contribution in [1.29, 1.82) is 0 Å². The fourth-order valence-electron chi connectivity index (χ4n) is 1.55. The molecule has 0 fully saturated rings. The average Bonchev–Trinajstić information content (AvgIpc) is 2.95. The van der Waals surface area contributed by atoms with Crippen molar-refractivity contribution in [2.24, 2.45) is 0 Å². The van der Waals surface area contributed by atoms with Gasteiger partial charge < -0.3 is 5.73 Å². The van der Waals surface area contributed by atoms with Crippen LogP contribution >= 0.6 is 11.8 Å². The number of halogens is 2. The second-order valence-corrected chi connectivity index (χ2v) is 4.91. The van der Waals surface area contributed by atoms with Gasteiger partial charge in [0.05, 0.1) is 4.90 Å². The number of anilines is 1.